The van der Waals surface area contributed by atoms with Gasteiger partial charge in [-0.2, -0.15) is 10.2 Å². The predicted octanol–water partition coefficient (Wildman–Crippen LogP) is 4.42. The van der Waals surface area contributed by atoms with E-state index in [1.807, 2.05) is 69.3 Å². The maximum absolute atomic E-state index is 12.5. The Kier molecular flexibility index (Phi) is 7.28. The molecule has 3 aromatic rings. The number of ether oxygens (including phenoxy) is 3. The molecule has 1 aromatic carbocycles. The number of aromatic nitrogens is 2. The van der Waals surface area contributed by atoms with Crippen LogP contribution in [0.4, 0.5) is 0 Å². The van der Waals surface area contributed by atoms with Crippen molar-refractivity contribution in [1.29, 1.82) is 5.26 Å². The Morgan fingerprint density at radius 1 is 1.19 bits per heavy atom. The Balaban J connectivity index is 1.96. The van der Waals surface area contributed by atoms with Gasteiger partial charge in [0.05, 0.1) is 13.2 Å². The molecule has 2 heterocycles. The molecule has 7 heteroatoms. The molecule has 0 saturated heterocycles. The van der Waals surface area contributed by atoms with Crippen molar-refractivity contribution in [3.8, 4) is 17.7 Å². The zero-order chi connectivity index (χ0) is 22.2. The molecule has 0 radical (unpaired) electrons. The Morgan fingerprint density at radius 2 is 1.97 bits per heavy atom. The molecule has 0 amide bonds. The van der Waals surface area contributed by atoms with Crippen LogP contribution in [-0.2, 0) is 16.1 Å². The molecule has 0 aliphatic heterocycles. The van der Waals surface area contributed by atoms with Crippen LogP contribution in [0.3, 0.4) is 0 Å². The number of pyridine rings is 1. The van der Waals surface area contributed by atoms with Crippen molar-refractivity contribution in [3.05, 3.63) is 65.5 Å². The number of esters is 1. The number of carbonyl (C=O) groups excluding carboxylic acids is 1. The van der Waals surface area contributed by atoms with Crippen LogP contribution in [0.15, 0.2) is 54.2 Å². The monoisotopic (exact) mass is 419 g/mol. The van der Waals surface area contributed by atoms with Crippen molar-refractivity contribution in [2.75, 3.05) is 13.2 Å². The number of carbonyl (C=O) groups is 1. The largest absolute Gasteiger partial charge is 0.490 e. The number of fused-ring (bicyclic) bond motifs is 1. The second-order valence-corrected chi connectivity index (χ2v) is 7.24. The van der Waals surface area contributed by atoms with E-state index in [0.29, 0.717) is 36.2 Å². The van der Waals surface area contributed by atoms with E-state index in [1.54, 1.807) is 10.6 Å². The predicted molar refractivity (Wildman–Crippen MR) is 117 cm³/mol. The summed E-state index contributed by atoms with van der Waals surface area (Å²) in [5.41, 5.74) is 1.72. The molecule has 0 unspecified atom stereocenters. The molecule has 31 heavy (non-hydrogen) atoms. The zero-order valence-electron chi connectivity index (χ0n) is 17.9. The third kappa shape index (κ3) is 5.43. The Hall–Kier alpha value is -3.79. The van der Waals surface area contributed by atoms with Gasteiger partial charge in [0.25, 0.3) is 0 Å². The van der Waals surface area contributed by atoms with E-state index >= 15 is 0 Å². The summed E-state index contributed by atoms with van der Waals surface area (Å²) < 4.78 is 18.6. The van der Waals surface area contributed by atoms with Crippen molar-refractivity contribution >= 4 is 17.7 Å². The summed E-state index contributed by atoms with van der Waals surface area (Å²) in [7, 11) is 0. The maximum Gasteiger partial charge on any atom is 0.349 e. The quantitative estimate of drug-likeness (QED) is 0.290. The summed E-state index contributed by atoms with van der Waals surface area (Å²) in [5, 5.41) is 9.60. The van der Waals surface area contributed by atoms with Crippen LogP contribution in [0, 0.1) is 17.2 Å². The Labute approximate surface area is 181 Å². The first-order valence-electron chi connectivity index (χ1n) is 10.1. The summed E-state index contributed by atoms with van der Waals surface area (Å²) in [4.78, 5) is 17.1. The highest BCUT2D eigenvalue weighted by Crippen LogP contribution is 2.29. The summed E-state index contributed by atoms with van der Waals surface area (Å²) >= 11 is 0. The highest BCUT2D eigenvalue weighted by atomic mass is 16.5. The third-order valence-electron chi connectivity index (χ3n) is 4.30. The highest BCUT2D eigenvalue weighted by Gasteiger charge is 2.19. The number of nitriles is 1. The van der Waals surface area contributed by atoms with Gasteiger partial charge < -0.3 is 14.2 Å². The van der Waals surface area contributed by atoms with Gasteiger partial charge in [0.1, 0.15) is 23.9 Å². The van der Waals surface area contributed by atoms with E-state index in [-0.39, 0.29) is 18.1 Å². The molecule has 160 valence electrons. The summed E-state index contributed by atoms with van der Waals surface area (Å²) in [5.74, 6) is 0.477. The second kappa shape index (κ2) is 10.3. The molecular weight excluding hydrogens is 394 g/mol. The lowest BCUT2D eigenvalue weighted by Gasteiger charge is -2.08. The second-order valence-electron chi connectivity index (χ2n) is 7.24. The normalized spacial score (nSPS) is 11.4. The van der Waals surface area contributed by atoms with Crippen LogP contribution >= 0.6 is 0 Å². The molecule has 0 saturated carbocycles. The average Bonchev–Trinajstić information content (AvgIpc) is 3.13. The lowest BCUT2D eigenvalue weighted by atomic mass is 10.2. The van der Waals surface area contributed by atoms with Crippen LogP contribution in [0.1, 0.15) is 32.0 Å². The molecule has 3 rings (SSSR count). The first-order chi connectivity index (χ1) is 15.0. The number of rotatable bonds is 9. The van der Waals surface area contributed by atoms with E-state index in [4.69, 9.17) is 14.2 Å². The lowest BCUT2D eigenvalue weighted by molar-refractivity contribution is -0.139. The van der Waals surface area contributed by atoms with Crippen molar-refractivity contribution < 1.29 is 19.0 Å². The highest BCUT2D eigenvalue weighted by molar-refractivity contribution is 5.98. The molecular formula is C24H25N3O4. The first-order valence-corrected chi connectivity index (χ1v) is 10.1. The average molecular weight is 419 g/mol. The number of hydrogen-bond donors (Lipinski definition) is 0. The molecule has 0 bridgehead atoms. The minimum Gasteiger partial charge on any atom is -0.490 e. The fraction of sp³-hybridized carbons (Fsp3) is 0.292. The Bertz CT molecular complexity index is 1110. The Morgan fingerprint density at radius 3 is 2.65 bits per heavy atom. The first kappa shape index (κ1) is 21.9. The van der Waals surface area contributed by atoms with Crippen LogP contribution in [-0.4, -0.2) is 28.6 Å². The molecule has 0 N–H and O–H groups in total. The van der Waals surface area contributed by atoms with Gasteiger partial charge >= 0.3 is 5.97 Å². The molecule has 0 spiro atoms. The van der Waals surface area contributed by atoms with E-state index in [2.05, 4.69) is 4.98 Å². The zero-order valence-corrected chi connectivity index (χ0v) is 17.9. The third-order valence-corrected chi connectivity index (χ3v) is 4.30. The molecule has 0 aliphatic carbocycles. The maximum atomic E-state index is 12.5. The fourth-order valence-electron chi connectivity index (χ4n) is 2.87. The van der Waals surface area contributed by atoms with Crippen molar-refractivity contribution in [2.45, 2.75) is 27.4 Å². The van der Waals surface area contributed by atoms with E-state index < -0.39 is 5.97 Å². The molecule has 0 aliphatic rings. The summed E-state index contributed by atoms with van der Waals surface area (Å²) in [6.45, 7) is 6.94. The smallest absolute Gasteiger partial charge is 0.349 e. The molecule has 0 atom stereocenters. The van der Waals surface area contributed by atoms with E-state index in [0.717, 1.165) is 5.56 Å². The van der Waals surface area contributed by atoms with Gasteiger partial charge in [-0.1, -0.05) is 44.2 Å². The van der Waals surface area contributed by atoms with Gasteiger partial charge in [-0.15, -0.1) is 0 Å². The van der Waals surface area contributed by atoms with Gasteiger partial charge in [0.2, 0.25) is 5.88 Å². The van der Waals surface area contributed by atoms with Gasteiger partial charge in [0.15, 0.2) is 11.4 Å². The van der Waals surface area contributed by atoms with Gasteiger partial charge in [-0.05, 0) is 36.6 Å². The van der Waals surface area contributed by atoms with E-state index in [1.165, 1.54) is 6.08 Å². The van der Waals surface area contributed by atoms with Gasteiger partial charge in [-0.25, -0.2) is 4.79 Å². The summed E-state index contributed by atoms with van der Waals surface area (Å²) in [6, 6.07) is 14.8. The SMILES string of the molecule is CCOc1cccn2c(/C=C(/C#N)C(=O)OCc3ccccc3)c(OCC(C)C)nc12. The van der Waals surface area contributed by atoms with Gasteiger partial charge in [-0.3, -0.25) is 4.40 Å². The van der Waals surface area contributed by atoms with E-state index in [9.17, 15) is 10.1 Å². The molecule has 7 nitrogen and oxygen atoms in total. The lowest BCUT2D eigenvalue weighted by Crippen LogP contribution is -2.08. The van der Waals surface area contributed by atoms with Crippen molar-refractivity contribution in [1.82, 2.24) is 9.38 Å². The van der Waals surface area contributed by atoms with Crippen molar-refractivity contribution in [2.24, 2.45) is 5.92 Å². The van der Waals surface area contributed by atoms with Crippen LogP contribution < -0.4 is 9.47 Å². The summed E-state index contributed by atoms with van der Waals surface area (Å²) in [6.07, 6.45) is 3.22. The van der Waals surface area contributed by atoms with Gasteiger partial charge in [0, 0.05) is 6.20 Å². The number of nitrogens with zero attached hydrogens (tertiary/aromatic N) is 3. The molecule has 0 fully saturated rings. The van der Waals surface area contributed by atoms with Crippen LogP contribution in [0.2, 0.25) is 0 Å². The van der Waals surface area contributed by atoms with Crippen LogP contribution in [0.5, 0.6) is 11.6 Å². The minimum absolute atomic E-state index is 0.0804. The topological polar surface area (TPSA) is 85.9 Å². The number of benzene rings is 1. The standard InChI is InChI=1S/C24H25N3O4/c1-4-29-21-11-8-12-27-20(23(26-22(21)27)30-15-17(2)3)13-19(14-25)24(28)31-16-18-9-6-5-7-10-18/h5-13,17H,4,15-16H2,1-3H3/b19-13-. The van der Waals surface area contributed by atoms with Crippen LogP contribution in [0.25, 0.3) is 11.7 Å². The fourth-order valence-corrected chi connectivity index (χ4v) is 2.87. The van der Waals surface area contributed by atoms with Crippen molar-refractivity contribution in [3.63, 3.8) is 0 Å². The minimum atomic E-state index is -0.711. The molecule has 2 aromatic heterocycles. The number of imidazole rings is 1. The number of hydrogen-bond acceptors (Lipinski definition) is 6.